The van der Waals surface area contributed by atoms with Crippen LogP contribution >= 0.6 is 23.2 Å². The van der Waals surface area contributed by atoms with Crippen LogP contribution in [0.15, 0.2) is 48.5 Å². The van der Waals surface area contributed by atoms with Crippen LogP contribution in [0.3, 0.4) is 0 Å². The fourth-order valence-electron chi connectivity index (χ4n) is 2.89. The summed E-state index contributed by atoms with van der Waals surface area (Å²) in [7, 11) is 0. The van der Waals surface area contributed by atoms with Crippen LogP contribution in [-0.2, 0) is 4.79 Å². The fourth-order valence-corrected chi connectivity index (χ4v) is 3.39. The number of rotatable bonds is 3. The van der Waals surface area contributed by atoms with Gasteiger partial charge in [0.2, 0.25) is 11.9 Å². The van der Waals surface area contributed by atoms with E-state index in [0.717, 1.165) is 5.56 Å². The molecule has 2 heterocycles. The number of nitrogens with zero attached hydrogens (tertiary/aromatic N) is 3. The van der Waals surface area contributed by atoms with Gasteiger partial charge in [0.05, 0.1) is 23.0 Å². The molecule has 2 N–H and O–H groups in total. The van der Waals surface area contributed by atoms with Crippen molar-refractivity contribution in [2.75, 3.05) is 10.6 Å². The van der Waals surface area contributed by atoms with Crippen LogP contribution < -0.4 is 10.6 Å². The van der Waals surface area contributed by atoms with Crippen molar-refractivity contribution in [3.05, 3.63) is 69.7 Å². The maximum Gasteiger partial charge on any atom is 0.259 e. The summed E-state index contributed by atoms with van der Waals surface area (Å²) < 4.78 is 1.59. The minimum absolute atomic E-state index is 0.0733. The van der Waals surface area contributed by atoms with Gasteiger partial charge in [0.15, 0.2) is 0 Å². The molecule has 7 nitrogen and oxygen atoms in total. The Morgan fingerprint density at radius 2 is 1.96 bits per heavy atom. The molecule has 0 bridgehead atoms. The highest BCUT2D eigenvalue weighted by Gasteiger charge is 2.29. The van der Waals surface area contributed by atoms with Crippen LogP contribution in [0, 0.1) is 0 Å². The molecule has 1 atom stereocenters. The van der Waals surface area contributed by atoms with Gasteiger partial charge in [-0.2, -0.15) is 4.98 Å². The molecule has 0 aliphatic carbocycles. The molecule has 0 saturated carbocycles. The quantitative estimate of drug-likeness (QED) is 0.698. The number of aromatic nitrogens is 3. The molecular weight excluding hydrogens is 389 g/mol. The minimum Gasteiger partial charge on any atom is -0.295 e. The first-order valence-corrected chi connectivity index (χ1v) is 8.84. The number of carbonyl (C=O) groups excluding carboxylic acids is 2. The summed E-state index contributed by atoms with van der Waals surface area (Å²) in [5, 5.41) is 10.3. The van der Waals surface area contributed by atoms with Crippen LogP contribution in [0.2, 0.25) is 10.0 Å². The lowest BCUT2D eigenvalue weighted by atomic mass is 10.0. The number of nitrogens with one attached hydrogen (secondary N) is 2. The van der Waals surface area contributed by atoms with Crippen molar-refractivity contribution in [3.63, 3.8) is 0 Å². The summed E-state index contributed by atoms with van der Waals surface area (Å²) >= 11 is 11.9. The lowest BCUT2D eigenvalue weighted by Gasteiger charge is -2.23. The number of hydrogen-bond acceptors (Lipinski definition) is 4. The molecule has 1 aromatic heterocycles. The van der Waals surface area contributed by atoms with Gasteiger partial charge in [0, 0.05) is 5.02 Å². The smallest absolute Gasteiger partial charge is 0.259 e. The average Bonchev–Trinajstić information content (AvgIpc) is 3.03. The van der Waals surface area contributed by atoms with Gasteiger partial charge in [-0.1, -0.05) is 53.5 Å². The molecule has 0 spiro atoms. The largest absolute Gasteiger partial charge is 0.295 e. The lowest BCUT2D eigenvalue weighted by Crippen LogP contribution is -2.29. The highest BCUT2D eigenvalue weighted by Crippen LogP contribution is 2.30. The van der Waals surface area contributed by atoms with E-state index in [0.29, 0.717) is 5.02 Å². The van der Waals surface area contributed by atoms with Gasteiger partial charge in [-0.3, -0.25) is 20.2 Å². The molecule has 1 aliphatic heterocycles. The van der Waals surface area contributed by atoms with E-state index in [1.165, 1.54) is 12.1 Å². The number of fused-ring (bicyclic) bond motifs is 1. The third-order valence-corrected chi connectivity index (χ3v) is 4.69. The Hall–Kier alpha value is -2.90. The summed E-state index contributed by atoms with van der Waals surface area (Å²) in [5.74, 6) is -0.286. The Kier molecular flexibility index (Phi) is 4.55. The summed E-state index contributed by atoms with van der Waals surface area (Å²) in [5.41, 5.74) is 1.18. The summed E-state index contributed by atoms with van der Waals surface area (Å²) in [6.45, 7) is 0. The van der Waals surface area contributed by atoms with E-state index in [1.807, 2.05) is 30.3 Å². The Balaban J connectivity index is 1.63. The minimum atomic E-state index is -0.470. The van der Waals surface area contributed by atoms with Gasteiger partial charge in [0.1, 0.15) is 0 Å². The number of hydrogen-bond donors (Lipinski definition) is 2. The average molecular weight is 402 g/mol. The van der Waals surface area contributed by atoms with E-state index in [1.54, 1.807) is 10.7 Å². The van der Waals surface area contributed by atoms with Gasteiger partial charge >= 0.3 is 0 Å². The molecule has 0 saturated heterocycles. The van der Waals surface area contributed by atoms with Crippen LogP contribution in [0.4, 0.5) is 11.9 Å². The summed E-state index contributed by atoms with van der Waals surface area (Å²) in [4.78, 5) is 28.7. The van der Waals surface area contributed by atoms with Crippen LogP contribution in [-0.4, -0.2) is 26.6 Å². The Morgan fingerprint density at radius 3 is 2.70 bits per heavy atom. The lowest BCUT2D eigenvalue weighted by molar-refractivity contribution is -0.117. The third kappa shape index (κ3) is 3.51. The molecule has 136 valence electrons. The first-order chi connectivity index (χ1) is 13.0. The molecule has 2 aromatic carbocycles. The van der Waals surface area contributed by atoms with Crippen molar-refractivity contribution in [2.45, 2.75) is 12.5 Å². The van der Waals surface area contributed by atoms with Crippen molar-refractivity contribution in [2.24, 2.45) is 0 Å². The number of amides is 2. The Morgan fingerprint density at radius 1 is 1.19 bits per heavy atom. The second-order valence-corrected chi connectivity index (χ2v) is 6.80. The molecule has 0 unspecified atom stereocenters. The zero-order chi connectivity index (χ0) is 19.0. The number of anilines is 2. The first kappa shape index (κ1) is 17.5. The summed E-state index contributed by atoms with van der Waals surface area (Å²) in [6.07, 6.45) is 0.233. The molecule has 2 amide bonds. The number of carbonyl (C=O) groups is 2. The van der Waals surface area contributed by atoms with E-state index in [2.05, 4.69) is 20.7 Å². The molecule has 0 fully saturated rings. The van der Waals surface area contributed by atoms with Crippen molar-refractivity contribution in [1.82, 2.24) is 14.8 Å². The second kappa shape index (κ2) is 7.02. The van der Waals surface area contributed by atoms with Crippen molar-refractivity contribution in [3.8, 4) is 0 Å². The van der Waals surface area contributed by atoms with Crippen LogP contribution in [0.25, 0.3) is 0 Å². The normalized spacial score (nSPS) is 15.8. The van der Waals surface area contributed by atoms with Crippen molar-refractivity contribution in [1.29, 1.82) is 0 Å². The number of benzene rings is 2. The number of halogens is 2. The SMILES string of the molecule is O=C1C[C@@H](c2ccccc2)n2nc(NC(=O)c3ccc(Cl)cc3Cl)nc2N1. The molecule has 3 aromatic rings. The van der Waals surface area contributed by atoms with E-state index >= 15 is 0 Å². The van der Waals surface area contributed by atoms with Gasteiger partial charge in [0.25, 0.3) is 11.9 Å². The predicted octanol–water partition coefficient (Wildman–Crippen LogP) is 3.77. The van der Waals surface area contributed by atoms with Gasteiger partial charge in [-0.05, 0) is 23.8 Å². The molecule has 9 heteroatoms. The summed E-state index contributed by atoms with van der Waals surface area (Å²) in [6, 6.07) is 13.8. The fraction of sp³-hybridized carbons (Fsp3) is 0.111. The van der Waals surface area contributed by atoms with Gasteiger partial charge < -0.3 is 0 Å². The van der Waals surface area contributed by atoms with Crippen molar-refractivity contribution < 1.29 is 9.59 Å². The third-order valence-electron chi connectivity index (χ3n) is 4.14. The van der Waals surface area contributed by atoms with Crippen LogP contribution in [0.5, 0.6) is 0 Å². The van der Waals surface area contributed by atoms with Gasteiger partial charge in [-0.25, -0.2) is 4.68 Å². The Bertz CT molecular complexity index is 1040. The highest BCUT2D eigenvalue weighted by molar-refractivity contribution is 6.37. The first-order valence-electron chi connectivity index (χ1n) is 8.09. The zero-order valence-electron chi connectivity index (χ0n) is 13.8. The van der Waals surface area contributed by atoms with E-state index in [4.69, 9.17) is 23.2 Å². The molecule has 4 rings (SSSR count). The zero-order valence-corrected chi connectivity index (χ0v) is 15.3. The maximum absolute atomic E-state index is 12.5. The molecule has 27 heavy (non-hydrogen) atoms. The monoisotopic (exact) mass is 401 g/mol. The van der Waals surface area contributed by atoms with E-state index in [-0.39, 0.29) is 40.9 Å². The topological polar surface area (TPSA) is 88.9 Å². The van der Waals surface area contributed by atoms with E-state index in [9.17, 15) is 9.59 Å². The standard InChI is InChI=1S/C18H13Cl2N5O2/c19-11-6-7-12(13(20)8-11)16(27)22-17-23-18-21-15(26)9-14(25(18)24-17)10-4-2-1-3-5-10/h1-8,14H,9H2,(H2,21,22,23,24,26,27)/t14-/m0/s1. The predicted molar refractivity (Wildman–Crippen MR) is 102 cm³/mol. The van der Waals surface area contributed by atoms with Gasteiger partial charge in [-0.15, -0.1) is 5.10 Å². The Labute approximate surface area is 164 Å². The second-order valence-electron chi connectivity index (χ2n) is 5.96. The maximum atomic E-state index is 12.5. The molecule has 0 radical (unpaired) electrons. The molecule has 1 aliphatic rings. The molecular formula is C18H13Cl2N5O2. The van der Waals surface area contributed by atoms with E-state index < -0.39 is 5.91 Å². The highest BCUT2D eigenvalue weighted by atomic mass is 35.5. The van der Waals surface area contributed by atoms with Crippen molar-refractivity contribution >= 4 is 46.9 Å². The van der Waals surface area contributed by atoms with Crippen LogP contribution in [0.1, 0.15) is 28.4 Å².